The quantitative estimate of drug-likeness (QED) is 0.225. The van der Waals surface area contributed by atoms with E-state index in [1.807, 2.05) is 0 Å². The van der Waals surface area contributed by atoms with Crippen LogP contribution in [0.2, 0.25) is 0 Å². The second-order valence-corrected chi connectivity index (χ2v) is 9.50. The molecule has 0 atom stereocenters. The van der Waals surface area contributed by atoms with Crippen molar-refractivity contribution in [3.8, 4) is 22.3 Å². The van der Waals surface area contributed by atoms with E-state index in [9.17, 15) is 0 Å². The maximum atomic E-state index is 3.88. The van der Waals surface area contributed by atoms with Crippen LogP contribution in [-0.4, -0.2) is 0 Å². The fraction of sp³-hybridized carbons (Fsp3) is 0.103. The molecule has 144 valence electrons. The smallest absolute Gasteiger partial charge is 0.0332 e. The van der Waals surface area contributed by atoms with Crippen molar-refractivity contribution < 1.29 is 0 Å². The van der Waals surface area contributed by atoms with Crippen molar-refractivity contribution in [2.45, 2.75) is 19.3 Å². The SMILES string of the molecule is CC1(C)c2ccccc2-c2ccc(-c3c4ccccc4c(Br)c4ccccc34)cc21. The normalized spacial score (nSPS) is 14.1. The van der Waals surface area contributed by atoms with E-state index in [1.54, 1.807) is 0 Å². The standard InChI is InChI=1S/C29H21Br/c1-29(2)25-14-8-7-9-19(25)20-16-15-18(17-26(20)29)27-21-10-3-5-12-23(21)28(30)24-13-6-4-11-22(24)27/h3-17H,1-2H3. The van der Waals surface area contributed by atoms with Crippen molar-refractivity contribution in [1.82, 2.24) is 0 Å². The summed E-state index contributed by atoms with van der Waals surface area (Å²) in [5.74, 6) is 0. The third-order valence-electron chi connectivity index (χ3n) is 6.74. The van der Waals surface area contributed by atoms with Gasteiger partial charge in [0.1, 0.15) is 0 Å². The molecule has 0 saturated heterocycles. The monoisotopic (exact) mass is 448 g/mol. The van der Waals surface area contributed by atoms with Crippen molar-refractivity contribution in [3.63, 3.8) is 0 Å². The molecule has 0 nitrogen and oxygen atoms in total. The average Bonchev–Trinajstić information content (AvgIpc) is 3.01. The first-order chi connectivity index (χ1) is 14.6. The number of rotatable bonds is 1. The van der Waals surface area contributed by atoms with Gasteiger partial charge < -0.3 is 0 Å². The highest BCUT2D eigenvalue weighted by Gasteiger charge is 2.35. The van der Waals surface area contributed by atoms with E-state index in [1.165, 1.54) is 59.4 Å². The van der Waals surface area contributed by atoms with Gasteiger partial charge in [0.2, 0.25) is 0 Å². The Labute approximate surface area is 185 Å². The summed E-state index contributed by atoms with van der Waals surface area (Å²) in [6.45, 7) is 4.69. The van der Waals surface area contributed by atoms with E-state index >= 15 is 0 Å². The zero-order valence-corrected chi connectivity index (χ0v) is 18.6. The van der Waals surface area contributed by atoms with Crippen molar-refractivity contribution >= 4 is 37.5 Å². The lowest BCUT2D eigenvalue weighted by molar-refractivity contribution is 0.660. The van der Waals surface area contributed by atoms with Crippen molar-refractivity contribution in [1.29, 1.82) is 0 Å². The first kappa shape index (κ1) is 17.9. The van der Waals surface area contributed by atoms with Crippen LogP contribution in [0.25, 0.3) is 43.8 Å². The van der Waals surface area contributed by atoms with Crippen LogP contribution in [0.5, 0.6) is 0 Å². The molecule has 0 spiro atoms. The molecule has 6 rings (SSSR count). The Bertz CT molecular complexity index is 1420. The molecule has 1 aliphatic carbocycles. The molecule has 0 N–H and O–H groups in total. The van der Waals surface area contributed by atoms with Gasteiger partial charge in [-0.15, -0.1) is 0 Å². The zero-order chi connectivity index (χ0) is 20.5. The highest BCUT2D eigenvalue weighted by Crippen LogP contribution is 2.50. The molecule has 1 aliphatic rings. The second kappa shape index (κ2) is 6.30. The molecule has 0 saturated carbocycles. The number of hydrogen-bond donors (Lipinski definition) is 0. The topological polar surface area (TPSA) is 0 Å². The van der Waals surface area contributed by atoms with Gasteiger partial charge >= 0.3 is 0 Å². The fourth-order valence-corrected chi connectivity index (χ4v) is 5.94. The van der Waals surface area contributed by atoms with Gasteiger partial charge in [0.05, 0.1) is 0 Å². The first-order valence-corrected chi connectivity index (χ1v) is 11.2. The van der Waals surface area contributed by atoms with Crippen LogP contribution in [-0.2, 0) is 5.41 Å². The van der Waals surface area contributed by atoms with Gasteiger partial charge in [-0.05, 0) is 76.9 Å². The van der Waals surface area contributed by atoms with Crippen molar-refractivity contribution in [2.75, 3.05) is 0 Å². The van der Waals surface area contributed by atoms with Gasteiger partial charge in [-0.25, -0.2) is 0 Å². The maximum Gasteiger partial charge on any atom is 0.0332 e. The van der Waals surface area contributed by atoms with Gasteiger partial charge in [0.25, 0.3) is 0 Å². The van der Waals surface area contributed by atoms with Crippen LogP contribution in [0, 0.1) is 0 Å². The molecule has 5 aromatic carbocycles. The second-order valence-electron chi connectivity index (χ2n) is 8.71. The Kier molecular flexibility index (Phi) is 3.76. The summed E-state index contributed by atoms with van der Waals surface area (Å²) < 4.78 is 1.17. The molecule has 0 unspecified atom stereocenters. The van der Waals surface area contributed by atoms with Crippen LogP contribution >= 0.6 is 15.9 Å². The lowest BCUT2D eigenvalue weighted by Crippen LogP contribution is -2.14. The molecular weight excluding hydrogens is 428 g/mol. The third kappa shape index (κ3) is 2.33. The minimum atomic E-state index is 0.00288. The summed E-state index contributed by atoms with van der Waals surface area (Å²) in [5.41, 5.74) is 8.18. The van der Waals surface area contributed by atoms with Crippen LogP contribution in [0.4, 0.5) is 0 Å². The van der Waals surface area contributed by atoms with Gasteiger partial charge in [-0.1, -0.05) is 98.8 Å². The maximum absolute atomic E-state index is 3.88. The van der Waals surface area contributed by atoms with Gasteiger partial charge in [-0.3, -0.25) is 0 Å². The van der Waals surface area contributed by atoms with Crippen LogP contribution in [0.15, 0.2) is 95.5 Å². The van der Waals surface area contributed by atoms with E-state index in [0.717, 1.165) is 0 Å². The molecule has 0 heterocycles. The molecule has 1 heteroatoms. The zero-order valence-electron chi connectivity index (χ0n) is 17.0. The van der Waals surface area contributed by atoms with Gasteiger partial charge in [0.15, 0.2) is 0 Å². The first-order valence-electron chi connectivity index (χ1n) is 10.4. The minimum absolute atomic E-state index is 0.00288. The van der Waals surface area contributed by atoms with E-state index in [2.05, 4.69) is 121 Å². The summed E-state index contributed by atoms with van der Waals surface area (Å²) in [5, 5.41) is 5.09. The van der Waals surface area contributed by atoms with E-state index in [-0.39, 0.29) is 5.41 Å². The molecule has 5 aromatic rings. The lowest BCUT2D eigenvalue weighted by Gasteiger charge is -2.22. The van der Waals surface area contributed by atoms with Crippen molar-refractivity contribution in [2.24, 2.45) is 0 Å². The van der Waals surface area contributed by atoms with E-state index in [0.29, 0.717) is 0 Å². The van der Waals surface area contributed by atoms with Crippen LogP contribution in [0.3, 0.4) is 0 Å². The largest absolute Gasteiger partial charge is 0.0619 e. The number of fused-ring (bicyclic) bond motifs is 5. The van der Waals surface area contributed by atoms with Crippen LogP contribution in [0.1, 0.15) is 25.0 Å². The summed E-state index contributed by atoms with van der Waals surface area (Å²) in [6, 6.07) is 33.3. The summed E-state index contributed by atoms with van der Waals surface area (Å²) in [7, 11) is 0. The van der Waals surface area contributed by atoms with Gasteiger partial charge in [0, 0.05) is 9.89 Å². The van der Waals surface area contributed by atoms with Gasteiger partial charge in [-0.2, -0.15) is 0 Å². The van der Waals surface area contributed by atoms with E-state index in [4.69, 9.17) is 0 Å². The highest BCUT2D eigenvalue weighted by atomic mass is 79.9. The Morgan fingerprint density at radius 3 is 1.77 bits per heavy atom. The number of benzene rings is 5. The molecule has 0 amide bonds. The third-order valence-corrected chi connectivity index (χ3v) is 7.59. The highest BCUT2D eigenvalue weighted by molar-refractivity contribution is 9.10. The summed E-state index contributed by atoms with van der Waals surface area (Å²) in [6.07, 6.45) is 0. The molecular formula is C29H21Br. The van der Waals surface area contributed by atoms with Crippen molar-refractivity contribution in [3.05, 3.63) is 107 Å². The average molecular weight is 449 g/mol. The predicted octanol–water partition coefficient (Wildman–Crippen LogP) is 8.73. The Balaban J connectivity index is 1.71. The molecule has 30 heavy (non-hydrogen) atoms. The molecule has 0 bridgehead atoms. The number of halogens is 1. The molecule has 0 aromatic heterocycles. The molecule has 0 radical (unpaired) electrons. The minimum Gasteiger partial charge on any atom is -0.0619 e. The Morgan fingerprint density at radius 1 is 0.567 bits per heavy atom. The summed E-state index contributed by atoms with van der Waals surface area (Å²) in [4.78, 5) is 0. The summed E-state index contributed by atoms with van der Waals surface area (Å²) >= 11 is 3.88. The lowest BCUT2D eigenvalue weighted by atomic mass is 9.81. The van der Waals surface area contributed by atoms with E-state index < -0.39 is 0 Å². The van der Waals surface area contributed by atoms with Crippen LogP contribution < -0.4 is 0 Å². The predicted molar refractivity (Wildman–Crippen MR) is 132 cm³/mol. The Hall–Kier alpha value is -2.90. The molecule has 0 aliphatic heterocycles. The Morgan fingerprint density at radius 2 is 1.10 bits per heavy atom. The fourth-order valence-electron chi connectivity index (χ4n) is 5.25. The molecule has 0 fully saturated rings. The number of hydrogen-bond acceptors (Lipinski definition) is 0.